The summed E-state index contributed by atoms with van der Waals surface area (Å²) in [6, 6.07) is 4.40. The lowest BCUT2D eigenvalue weighted by atomic mass is 10.2. The van der Waals surface area contributed by atoms with Crippen LogP contribution in [0.4, 0.5) is 0 Å². The second kappa shape index (κ2) is 5.79. The average molecular weight is 242 g/mol. The van der Waals surface area contributed by atoms with Crippen LogP contribution in [0.1, 0.15) is 5.56 Å². The zero-order valence-corrected chi connectivity index (χ0v) is 11.1. The SMILES string of the molecule is C=Cc1cc(SC)c(SC)c(SC)c1. The third kappa shape index (κ3) is 2.53. The van der Waals surface area contributed by atoms with Gasteiger partial charge in [-0.1, -0.05) is 12.7 Å². The molecule has 14 heavy (non-hydrogen) atoms. The molecule has 0 bridgehead atoms. The Labute approximate surface area is 98.9 Å². The summed E-state index contributed by atoms with van der Waals surface area (Å²) in [5, 5.41) is 0. The molecule has 0 atom stereocenters. The molecule has 0 heterocycles. The molecule has 0 N–H and O–H groups in total. The van der Waals surface area contributed by atoms with Crippen molar-refractivity contribution in [1.29, 1.82) is 0 Å². The Hall–Kier alpha value is 0.01000. The minimum atomic E-state index is 1.21. The van der Waals surface area contributed by atoms with Crippen molar-refractivity contribution in [2.24, 2.45) is 0 Å². The molecule has 0 amide bonds. The van der Waals surface area contributed by atoms with Crippen LogP contribution in [0.5, 0.6) is 0 Å². The molecule has 76 valence electrons. The highest BCUT2D eigenvalue weighted by atomic mass is 32.2. The predicted molar refractivity (Wildman–Crippen MR) is 71.9 cm³/mol. The van der Waals surface area contributed by atoms with E-state index in [9.17, 15) is 0 Å². The Morgan fingerprint density at radius 1 is 1.00 bits per heavy atom. The summed E-state index contributed by atoms with van der Waals surface area (Å²) in [6.07, 6.45) is 8.27. The smallest absolute Gasteiger partial charge is 0.0342 e. The maximum atomic E-state index is 3.81. The fourth-order valence-corrected chi connectivity index (χ4v) is 3.90. The van der Waals surface area contributed by atoms with Gasteiger partial charge in [-0.05, 0) is 36.5 Å². The largest absolute Gasteiger partial charge is 0.128 e. The van der Waals surface area contributed by atoms with E-state index in [2.05, 4.69) is 37.5 Å². The quantitative estimate of drug-likeness (QED) is 0.714. The Bertz CT molecular complexity index is 306. The molecular weight excluding hydrogens is 228 g/mol. The van der Waals surface area contributed by atoms with Gasteiger partial charge < -0.3 is 0 Å². The molecule has 0 saturated heterocycles. The molecule has 3 heteroatoms. The third-order valence-corrected chi connectivity index (χ3v) is 4.55. The molecule has 0 nitrogen and oxygen atoms in total. The number of rotatable bonds is 4. The van der Waals surface area contributed by atoms with Gasteiger partial charge in [-0.2, -0.15) is 0 Å². The standard InChI is InChI=1S/C11H14S3/c1-5-8-6-9(12-2)11(14-4)10(7-8)13-3/h5-7H,1H2,2-4H3. The number of thioether (sulfide) groups is 3. The summed E-state index contributed by atoms with van der Waals surface area (Å²) in [7, 11) is 0. The topological polar surface area (TPSA) is 0 Å². The van der Waals surface area contributed by atoms with Gasteiger partial charge in [-0.3, -0.25) is 0 Å². The van der Waals surface area contributed by atoms with E-state index in [-0.39, 0.29) is 0 Å². The van der Waals surface area contributed by atoms with Crippen LogP contribution in [0.15, 0.2) is 33.4 Å². The van der Waals surface area contributed by atoms with Gasteiger partial charge in [0.25, 0.3) is 0 Å². The molecule has 0 aromatic heterocycles. The summed E-state index contributed by atoms with van der Waals surface area (Å²) in [5.74, 6) is 0. The lowest BCUT2D eigenvalue weighted by Gasteiger charge is -2.11. The van der Waals surface area contributed by atoms with Gasteiger partial charge in [0.2, 0.25) is 0 Å². The van der Waals surface area contributed by atoms with E-state index in [4.69, 9.17) is 0 Å². The molecule has 0 aliphatic carbocycles. The van der Waals surface area contributed by atoms with Gasteiger partial charge in [0.1, 0.15) is 0 Å². The first-order valence-corrected chi connectivity index (χ1v) is 7.86. The van der Waals surface area contributed by atoms with Crippen molar-refractivity contribution in [2.45, 2.75) is 14.7 Å². The molecule has 0 radical (unpaired) electrons. The maximum absolute atomic E-state index is 3.81. The van der Waals surface area contributed by atoms with Crippen LogP contribution in [0.2, 0.25) is 0 Å². The fraction of sp³-hybridized carbons (Fsp3) is 0.273. The second-order valence-electron chi connectivity index (χ2n) is 2.66. The van der Waals surface area contributed by atoms with Crippen molar-refractivity contribution in [2.75, 3.05) is 18.8 Å². The van der Waals surface area contributed by atoms with E-state index in [0.29, 0.717) is 0 Å². The van der Waals surface area contributed by atoms with Gasteiger partial charge in [0.05, 0.1) is 0 Å². The molecule has 1 rings (SSSR count). The van der Waals surface area contributed by atoms with Crippen molar-refractivity contribution in [3.63, 3.8) is 0 Å². The van der Waals surface area contributed by atoms with E-state index < -0.39 is 0 Å². The molecule has 0 unspecified atom stereocenters. The Balaban J connectivity index is 3.31. The molecule has 0 aliphatic heterocycles. The molecule has 0 spiro atoms. The van der Waals surface area contributed by atoms with Gasteiger partial charge >= 0.3 is 0 Å². The van der Waals surface area contributed by atoms with Crippen LogP contribution in [-0.2, 0) is 0 Å². The second-order valence-corrected chi connectivity index (χ2v) is 5.18. The normalized spacial score (nSPS) is 10.2. The molecule has 1 aromatic rings. The van der Waals surface area contributed by atoms with E-state index in [1.54, 1.807) is 23.5 Å². The van der Waals surface area contributed by atoms with E-state index in [0.717, 1.165) is 0 Å². The van der Waals surface area contributed by atoms with Crippen LogP contribution in [-0.4, -0.2) is 18.8 Å². The van der Waals surface area contributed by atoms with Crippen LogP contribution in [0.25, 0.3) is 6.08 Å². The summed E-state index contributed by atoms with van der Waals surface area (Å²) in [4.78, 5) is 4.08. The zero-order chi connectivity index (χ0) is 10.6. The monoisotopic (exact) mass is 242 g/mol. The summed E-state index contributed by atoms with van der Waals surface area (Å²) >= 11 is 5.41. The first kappa shape index (κ1) is 12.1. The number of benzene rings is 1. The highest BCUT2D eigenvalue weighted by Gasteiger charge is 2.07. The van der Waals surface area contributed by atoms with Crippen LogP contribution < -0.4 is 0 Å². The van der Waals surface area contributed by atoms with Crippen molar-refractivity contribution < 1.29 is 0 Å². The van der Waals surface area contributed by atoms with Gasteiger partial charge in [-0.15, -0.1) is 35.3 Å². The van der Waals surface area contributed by atoms with Crippen LogP contribution >= 0.6 is 35.3 Å². The minimum Gasteiger partial charge on any atom is -0.128 e. The summed E-state index contributed by atoms with van der Waals surface area (Å²) in [6.45, 7) is 3.81. The van der Waals surface area contributed by atoms with Gasteiger partial charge in [0.15, 0.2) is 0 Å². The highest BCUT2D eigenvalue weighted by molar-refractivity contribution is 8.03. The van der Waals surface area contributed by atoms with Crippen LogP contribution in [0.3, 0.4) is 0 Å². The predicted octanol–water partition coefficient (Wildman–Crippen LogP) is 4.50. The van der Waals surface area contributed by atoms with Crippen molar-refractivity contribution in [3.8, 4) is 0 Å². The van der Waals surface area contributed by atoms with E-state index in [1.165, 1.54) is 20.2 Å². The summed E-state index contributed by atoms with van der Waals surface area (Å²) < 4.78 is 0. The number of hydrogen-bond donors (Lipinski definition) is 0. The third-order valence-electron chi connectivity index (χ3n) is 1.92. The van der Waals surface area contributed by atoms with Crippen molar-refractivity contribution >= 4 is 41.4 Å². The minimum absolute atomic E-state index is 1.21. The lowest BCUT2D eigenvalue weighted by molar-refractivity contribution is 1.12. The van der Waals surface area contributed by atoms with Gasteiger partial charge in [0, 0.05) is 14.7 Å². The molecule has 0 aliphatic rings. The number of hydrogen-bond acceptors (Lipinski definition) is 3. The lowest BCUT2D eigenvalue weighted by Crippen LogP contribution is -1.84. The van der Waals surface area contributed by atoms with Gasteiger partial charge in [-0.25, -0.2) is 0 Å². The Morgan fingerprint density at radius 3 is 1.79 bits per heavy atom. The Kier molecular flexibility index (Phi) is 4.99. The first-order chi connectivity index (χ1) is 6.76. The average Bonchev–Trinajstić information content (AvgIpc) is 2.26. The highest BCUT2D eigenvalue weighted by Crippen LogP contribution is 2.37. The van der Waals surface area contributed by atoms with Crippen molar-refractivity contribution in [1.82, 2.24) is 0 Å². The van der Waals surface area contributed by atoms with E-state index >= 15 is 0 Å². The summed E-state index contributed by atoms with van der Waals surface area (Å²) in [5.41, 5.74) is 1.21. The fourth-order valence-electron chi connectivity index (χ4n) is 1.22. The van der Waals surface area contributed by atoms with Crippen molar-refractivity contribution in [3.05, 3.63) is 24.3 Å². The first-order valence-electron chi connectivity index (χ1n) is 4.19. The molecule has 0 fully saturated rings. The zero-order valence-electron chi connectivity index (χ0n) is 8.66. The van der Waals surface area contributed by atoms with Crippen LogP contribution in [0, 0.1) is 0 Å². The molecule has 0 saturated carbocycles. The Morgan fingerprint density at radius 2 is 1.50 bits per heavy atom. The molecular formula is C11H14S3. The molecule has 1 aromatic carbocycles. The maximum Gasteiger partial charge on any atom is 0.0342 e. The van der Waals surface area contributed by atoms with E-state index in [1.807, 2.05) is 17.8 Å².